The SMILES string of the molecule is CCSc1nc(=O)c2c(n1C)NC(=O)C[C@H]2c1ccccc1C. The highest BCUT2D eigenvalue weighted by Crippen LogP contribution is 2.36. The highest BCUT2D eigenvalue weighted by Gasteiger charge is 2.32. The molecule has 1 aliphatic heterocycles. The molecular formula is C17H19N3O2S. The van der Waals surface area contributed by atoms with Gasteiger partial charge in [0.05, 0.1) is 5.56 Å². The van der Waals surface area contributed by atoms with Crippen molar-refractivity contribution in [2.45, 2.75) is 31.3 Å². The normalized spacial score (nSPS) is 16.8. The first-order valence-electron chi connectivity index (χ1n) is 7.62. The number of fused-ring (bicyclic) bond motifs is 1. The number of hydrogen-bond acceptors (Lipinski definition) is 4. The smallest absolute Gasteiger partial charge is 0.279 e. The van der Waals surface area contributed by atoms with Crippen molar-refractivity contribution in [3.05, 3.63) is 51.3 Å². The molecule has 23 heavy (non-hydrogen) atoms. The predicted molar refractivity (Wildman–Crippen MR) is 92.1 cm³/mol. The molecule has 1 aromatic heterocycles. The van der Waals surface area contributed by atoms with Gasteiger partial charge in [0.25, 0.3) is 5.56 Å². The standard InChI is InChI=1S/C17H19N3O2S/c1-4-23-17-19-16(22)14-12(11-8-6-5-7-10(11)2)9-13(21)18-15(14)20(17)3/h5-8,12H,4,9H2,1-3H3,(H,18,21)/t12-/m0/s1. The summed E-state index contributed by atoms with van der Waals surface area (Å²) < 4.78 is 1.81. The first-order valence-corrected chi connectivity index (χ1v) is 8.60. The van der Waals surface area contributed by atoms with Crippen LogP contribution >= 0.6 is 11.8 Å². The minimum atomic E-state index is -0.248. The van der Waals surface area contributed by atoms with Crippen LogP contribution in [0, 0.1) is 6.92 Å². The predicted octanol–water partition coefficient (Wildman–Crippen LogP) is 2.67. The number of thioether (sulfide) groups is 1. The lowest BCUT2D eigenvalue weighted by atomic mass is 9.84. The van der Waals surface area contributed by atoms with Crippen LogP contribution in [0.25, 0.3) is 0 Å². The molecule has 5 nitrogen and oxygen atoms in total. The number of nitrogens with one attached hydrogen (secondary N) is 1. The zero-order chi connectivity index (χ0) is 16.6. The number of carbonyl (C=O) groups is 1. The van der Waals surface area contributed by atoms with Gasteiger partial charge in [0, 0.05) is 19.4 Å². The van der Waals surface area contributed by atoms with E-state index in [4.69, 9.17) is 0 Å². The van der Waals surface area contributed by atoms with Crippen molar-refractivity contribution in [2.24, 2.45) is 7.05 Å². The summed E-state index contributed by atoms with van der Waals surface area (Å²) in [5, 5.41) is 3.48. The van der Waals surface area contributed by atoms with Crippen LogP contribution in [-0.4, -0.2) is 21.2 Å². The zero-order valence-electron chi connectivity index (χ0n) is 13.4. The fourth-order valence-electron chi connectivity index (χ4n) is 3.04. The Morgan fingerprint density at radius 3 is 2.78 bits per heavy atom. The van der Waals surface area contributed by atoms with Gasteiger partial charge in [0.15, 0.2) is 5.16 Å². The van der Waals surface area contributed by atoms with Crippen LogP contribution in [0.4, 0.5) is 5.82 Å². The zero-order valence-corrected chi connectivity index (χ0v) is 14.2. The fraction of sp³-hybridized carbons (Fsp3) is 0.353. The van der Waals surface area contributed by atoms with Gasteiger partial charge in [-0.25, -0.2) is 0 Å². The molecule has 2 aromatic rings. The van der Waals surface area contributed by atoms with Gasteiger partial charge in [-0.15, -0.1) is 0 Å². The summed E-state index contributed by atoms with van der Waals surface area (Å²) >= 11 is 1.49. The van der Waals surface area contributed by atoms with Crippen molar-refractivity contribution in [3.8, 4) is 0 Å². The Labute approximate surface area is 139 Å². The number of rotatable bonds is 3. The van der Waals surface area contributed by atoms with Crippen LogP contribution in [0.5, 0.6) is 0 Å². The molecule has 120 valence electrons. The van der Waals surface area contributed by atoms with Crippen LogP contribution in [-0.2, 0) is 11.8 Å². The minimum Gasteiger partial charge on any atom is -0.312 e. The Kier molecular flexibility index (Phi) is 4.26. The van der Waals surface area contributed by atoms with E-state index in [0.717, 1.165) is 16.9 Å². The van der Waals surface area contributed by atoms with Crippen LogP contribution < -0.4 is 10.9 Å². The van der Waals surface area contributed by atoms with E-state index in [1.54, 1.807) is 0 Å². The summed E-state index contributed by atoms with van der Waals surface area (Å²) in [5.41, 5.74) is 2.43. The van der Waals surface area contributed by atoms with Crippen molar-refractivity contribution in [2.75, 3.05) is 11.1 Å². The van der Waals surface area contributed by atoms with Gasteiger partial charge in [0.2, 0.25) is 5.91 Å². The van der Waals surface area contributed by atoms with E-state index in [0.29, 0.717) is 16.5 Å². The topological polar surface area (TPSA) is 64.0 Å². The molecule has 1 N–H and O–H groups in total. The highest BCUT2D eigenvalue weighted by atomic mass is 32.2. The van der Waals surface area contributed by atoms with Gasteiger partial charge >= 0.3 is 0 Å². The minimum absolute atomic E-state index is 0.0700. The summed E-state index contributed by atoms with van der Waals surface area (Å²) in [7, 11) is 1.84. The number of aromatic nitrogens is 2. The molecule has 0 saturated heterocycles. The number of hydrogen-bond donors (Lipinski definition) is 1. The maximum Gasteiger partial charge on any atom is 0.279 e. The van der Waals surface area contributed by atoms with E-state index >= 15 is 0 Å². The fourth-order valence-corrected chi connectivity index (χ4v) is 3.73. The average molecular weight is 329 g/mol. The van der Waals surface area contributed by atoms with Crippen molar-refractivity contribution in [1.82, 2.24) is 9.55 Å². The van der Waals surface area contributed by atoms with Crippen LogP contribution in [0.15, 0.2) is 34.2 Å². The van der Waals surface area contributed by atoms with E-state index in [2.05, 4.69) is 10.3 Å². The van der Waals surface area contributed by atoms with Gasteiger partial charge in [-0.05, 0) is 23.8 Å². The van der Waals surface area contributed by atoms with Crippen LogP contribution in [0.3, 0.4) is 0 Å². The molecule has 0 saturated carbocycles. The van der Waals surface area contributed by atoms with Gasteiger partial charge in [-0.2, -0.15) is 4.98 Å². The molecule has 1 atom stereocenters. The van der Waals surface area contributed by atoms with E-state index in [-0.39, 0.29) is 23.8 Å². The number of amides is 1. The van der Waals surface area contributed by atoms with Gasteiger partial charge < -0.3 is 9.88 Å². The number of carbonyl (C=O) groups excluding carboxylic acids is 1. The Balaban J connectivity index is 2.23. The average Bonchev–Trinajstić information content (AvgIpc) is 2.52. The van der Waals surface area contributed by atoms with Crippen LogP contribution in [0.2, 0.25) is 0 Å². The highest BCUT2D eigenvalue weighted by molar-refractivity contribution is 7.99. The molecule has 3 rings (SSSR count). The van der Waals surface area contributed by atoms with Crippen molar-refractivity contribution in [1.29, 1.82) is 0 Å². The van der Waals surface area contributed by atoms with E-state index in [1.807, 2.05) is 49.7 Å². The van der Waals surface area contributed by atoms with E-state index in [1.165, 1.54) is 11.8 Å². The molecule has 0 fully saturated rings. The molecule has 6 heteroatoms. The molecule has 0 spiro atoms. The largest absolute Gasteiger partial charge is 0.312 e. The van der Waals surface area contributed by atoms with Gasteiger partial charge in [0.1, 0.15) is 5.82 Å². The molecule has 0 radical (unpaired) electrons. The number of nitrogens with zero attached hydrogens (tertiary/aromatic N) is 2. The Morgan fingerprint density at radius 1 is 1.35 bits per heavy atom. The molecule has 1 aromatic carbocycles. The first-order chi connectivity index (χ1) is 11.0. The van der Waals surface area contributed by atoms with Gasteiger partial charge in [-0.1, -0.05) is 43.0 Å². The molecule has 1 aliphatic rings. The third kappa shape index (κ3) is 2.79. The lowest BCUT2D eigenvalue weighted by molar-refractivity contribution is -0.116. The van der Waals surface area contributed by atoms with Crippen molar-refractivity contribution in [3.63, 3.8) is 0 Å². The summed E-state index contributed by atoms with van der Waals surface area (Å²) in [4.78, 5) is 29.0. The Bertz CT molecular complexity index is 829. The number of aryl methyl sites for hydroxylation is 1. The third-order valence-corrected chi connectivity index (χ3v) is 5.05. The first kappa shape index (κ1) is 15.8. The molecule has 1 amide bonds. The van der Waals surface area contributed by atoms with Crippen molar-refractivity contribution >= 4 is 23.5 Å². The van der Waals surface area contributed by atoms with Crippen molar-refractivity contribution < 1.29 is 4.79 Å². The number of anilines is 1. The maximum atomic E-state index is 12.6. The summed E-state index contributed by atoms with van der Waals surface area (Å²) in [5.74, 6) is 1.07. The molecule has 0 unspecified atom stereocenters. The lowest BCUT2D eigenvalue weighted by Gasteiger charge is -2.28. The summed E-state index contributed by atoms with van der Waals surface area (Å²) in [6.07, 6.45) is 0.273. The number of benzene rings is 1. The molecule has 2 heterocycles. The third-order valence-electron chi connectivity index (χ3n) is 4.14. The molecular weight excluding hydrogens is 310 g/mol. The maximum absolute atomic E-state index is 12.6. The second-order valence-electron chi connectivity index (χ2n) is 5.62. The summed E-state index contributed by atoms with van der Waals surface area (Å²) in [6, 6.07) is 7.88. The Hall–Kier alpha value is -2.08. The van der Waals surface area contributed by atoms with E-state index < -0.39 is 0 Å². The van der Waals surface area contributed by atoms with Gasteiger partial charge in [-0.3, -0.25) is 9.59 Å². The monoisotopic (exact) mass is 329 g/mol. The second kappa shape index (κ2) is 6.20. The summed E-state index contributed by atoms with van der Waals surface area (Å²) in [6.45, 7) is 4.01. The quantitative estimate of drug-likeness (QED) is 0.694. The second-order valence-corrected chi connectivity index (χ2v) is 6.85. The van der Waals surface area contributed by atoms with E-state index in [9.17, 15) is 9.59 Å². The molecule has 0 bridgehead atoms. The molecule has 0 aliphatic carbocycles. The lowest BCUT2D eigenvalue weighted by Crippen LogP contribution is -2.33. The van der Waals surface area contributed by atoms with Crippen LogP contribution in [0.1, 0.15) is 36.0 Å². The Morgan fingerprint density at radius 2 is 2.09 bits per heavy atom.